The Bertz CT molecular complexity index is 1540. The zero-order valence-electron chi connectivity index (χ0n) is 27.6. The van der Waals surface area contributed by atoms with Crippen LogP contribution in [0.15, 0.2) is 30.5 Å². The number of aromatic amines is 1. The Morgan fingerprint density at radius 3 is 2.22 bits per heavy atom. The molecule has 10 N–H and O–H groups in total. The summed E-state index contributed by atoms with van der Waals surface area (Å²) in [5, 5.41) is 39.3. The average Bonchev–Trinajstić information content (AvgIpc) is 3.69. The number of rotatable bonds is 17. The van der Waals surface area contributed by atoms with Crippen LogP contribution in [-0.4, -0.2) is 116 Å². The Balaban J connectivity index is 1.62. The van der Waals surface area contributed by atoms with Gasteiger partial charge in [-0.3, -0.25) is 28.8 Å². The third-order valence-electron chi connectivity index (χ3n) is 8.17. The van der Waals surface area contributed by atoms with Crippen LogP contribution in [-0.2, 0) is 40.0 Å². The van der Waals surface area contributed by atoms with Gasteiger partial charge in [-0.1, -0.05) is 32.0 Å². The van der Waals surface area contributed by atoms with Crippen molar-refractivity contribution in [2.75, 3.05) is 13.2 Å². The molecule has 2 aromatic rings. The number of nitrogens with zero attached hydrogens (tertiary/aromatic N) is 1. The van der Waals surface area contributed by atoms with Gasteiger partial charge >= 0.3 is 11.9 Å². The minimum absolute atomic E-state index is 0.0124. The average molecular weight is 688 g/mol. The molecule has 17 nitrogen and oxygen atoms in total. The SMILES string of the molecule is CC(C)C[C@H](NC(=O)[C@@H](N)CC(=O)O)C(=O)N[C@@H](C)C(=O)N[C@@H](CO)C(=O)N1CCC[C@H]1C(=O)N[C@@H](Cc1c[nH]c2ccccc12)C(=O)O. The maximum atomic E-state index is 13.4. The summed E-state index contributed by atoms with van der Waals surface area (Å²) in [7, 11) is 0. The van der Waals surface area contributed by atoms with Gasteiger partial charge in [-0.05, 0) is 43.7 Å². The molecule has 0 spiro atoms. The van der Waals surface area contributed by atoms with E-state index in [9.17, 15) is 43.8 Å². The number of hydrogen-bond donors (Lipinski definition) is 9. The van der Waals surface area contributed by atoms with E-state index < -0.39 is 90.8 Å². The summed E-state index contributed by atoms with van der Waals surface area (Å²) in [5.74, 6) is -6.56. The fourth-order valence-corrected chi connectivity index (χ4v) is 5.62. The van der Waals surface area contributed by atoms with Crippen LogP contribution in [0.1, 0.15) is 52.0 Å². The van der Waals surface area contributed by atoms with Crippen molar-refractivity contribution in [3.8, 4) is 0 Å². The number of aliphatic hydroxyl groups excluding tert-OH is 1. The first-order chi connectivity index (χ1) is 23.1. The number of carboxylic acid groups (broad SMARTS) is 2. The summed E-state index contributed by atoms with van der Waals surface area (Å²) in [6.45, 7) is 4.18. The van der Waals surface area contributed by atoms with Crippen LogP contribution in [0.4, 0.5) is 0 Å². The maximum Gasteiger partial charge on any atom is 0.326 e. The lowest BCUT2D eigenvalue weighted by Gasteiger charge is -2.29. The van der Waals surface area contributed by atoms with Crippen LogP contribution in [0.25, 0.3) is 10.9 Å². The predicted molar refractivity (Wildman–Crippen MR) is 175 cm³/mol. The number of carbonyl (C=O) groups excluding carboxylic acids is 5. The lowest BCUT2D eigenvalue weighted by molar-refractivity contribution is -0.145. The van der Waals surface area contributed by atoms with Crippen LogP contribution >= 0.6 is 0 Å². The van der Waals surface area contributed by atoms with E-state index in [0.29, 0.717) is 12.0 Å². The van der Waals surface area contributed by atoms with Crippen LogP contribution in [0.3, 0.4) is 0 Å². The van der Waals surface area contributed by atoms with Gasteiger partial charge in [-0.2, -0.15) is 0 Å². The molecule has 0 aliphatic carbocycles. The number of fused-ring (bicyclic) bond motifs is 1. The van der Waals surface area contributed by atoms with Crippen molar-refractivity contribution in [3.63, 3.8) is 0 Å². The van der Waals surface area contributed by atoms with Gasteiger partial charge in [0.15, 0.2) is 0 Å². The van der Waals surface area contributed by atoms with Crippen LogP contribution < -0.4 is 27.0 Å². The zero-order valence-corrected chi connectivity index (χ0v) is 27.6. The van der Waals surface area contributed by atoms with E-state index in [1.54, 1.807) is 20.0 Å². The number of H-pyrrole nitrogens is 1. The van der Waals surface area contributed by atoms with Gasteiger partial charge in [0.1, 0.15) is 30.2 Å². The number of aliphatic carboxylic acids is 2. The molecule has 17 heteroatoms. The number of likely N-dealkylation sites (tertiary alicyclic amines) is 1. The molecule has 0 saturated carbocycles. The van der Waals surface area contributed by atoms with Gasteiger partial charge < -0.3 is 52.2 Å². The number of nitrogens with two attached hydrogens (primary N) is 1. The van der Waals surface area contributed by atoms with Crippen molar-refractivity contribution in [2.24, 2.45) is 11.7 Å². The maximum absolute atomic E-state index is 13.4. The summed E-state index contributed by atoms with van der Waals surface area (Å²) in [6, 6.07) is -0.296. The summed E-state index contributed by atoms with van der Waals surface area (Å²) in [4.78, 5) is 92.4. The molecular formula is C32H45N7O10. The summed E-state index contributed by atoms with van der Waals surface area (Å²) >= 11 is 0. The normalized spacial score (nSPS) is 17.4. The first kappa shape index (κ1) is 38.4. The molecule has 1 fully saturated rings. The van der Waals surface area contributed by atoms with E-state index in [4.69, 9.17) is 10.8 Å². The standard InChI is InChI=1S/C32H45N7O10/c1-16(2)11-22(36-28(44)20(33)13-26(41)42)29(45)35-17(3)27(43)38-24(15-40)31(47)39-10-6-9-25(39)30(46)37-23(32(48)49)12-18-14-34-21-8-5-4-7-19(18)21/h4-5,7-8,14,16-17,20,22-25,34,40H,6,9-13,15,33H2,1-3H3,(H,35,45)(H,36,44)(H,37,46)(H,38,43)(H,41,42)(H,48,49)/t17-,20-,22-,23-,24-,25-/m0/s1. The number of aromatic nitrogens is 1. The van der Waals surface area contributed by atoms with Crippen molar-refractivity contribution in [2.45, 2.75) is 89.1 Å². The van der Waals surface area contributed by atoms with Gasteiger partial charge in [0.05, 0.1) is 19.1 Å². The predicted octanol–water partition coefficient (Wildman–Crippen LogP) is -1.41. The second kappa shape index (κ2) is 17.4. The Morgan fingerprint density at radius 1 is 0.918 bits per heavy atom. The number of amides is 5. The van der Waals surface area contributed by atoms with E-state index in [1.807, 2.05) is 24.3 Å². The minimum atomic E-state index is -1.48. The topological polar surface area (TPSA) is 273 Å². The third kappa shape index (κ3) is 10.5. The smallest absolute Gasteiger partial charge is 0.326 e. The molecule has 1 aliphatic heterocycles. The molecule has 1 saturated heterocycles. The van der Waals surface area contributed by atoms with Crippen molar-refractivity contribution < 1.29 is 48.9 Å². The zero-order chi connectivity index (χ0) is 36.4. The van der Waals surface area contributed by atoms with Gasteiger partial charge in [0.25, 0.3) is 0 Å². The molecule has 1 aromatic heterocycles. The lowest BCUT2D eigenvalue weighted by atomic mass is 10.0. The molecule has 1 aliphatic rings. The van der Waals surface area contributed by atoms with E-state index in [0.717, 1.165) is 10.9 Å². The van der Waals surface area contributed by atoms with Crippen LogP contribution in [0.5, 0.6) is 0 Å². The monoisotopic (exact) mass is 687 g/mol. The number of para-hydroxylation sites is 1. The highest BCUT2D eigenvalue weighted by Crippen LogP contribution is 2.21. The van der Waals surface area contributed by atoms with Crippen molar-refractivity contribution >= 4 is 52.4 Å². The lowest BCUT2D eigenvalue weighted by Crippen LogP contribution is -2.59. The molecular weight excluding hydrogens is 642 g/mol. The first-order valence-electron chi connectivity index (χ1n) is 16.0. The molecule has 0 bridgehead atoms. The third-order valence-corrected chi connectivity index (χ3v) is 8.17. The number of carbonyl (C=O) groups is 7. The Morgan fingerprint density at radius 2 is 1.59 bits per heavy atom. The second-order valence-electron chi connectivity index (χ2n) is 12.5. The van der Waals surface area contributed by atoms with Gasteiger partial charge in [-0.15, -0.1) is 0 Å². The fraction of sp³-hybridized carbons (Fsp3) is 0.531. The molecule has 5 amide bonds. The molecule has 0 radical (unpaired) electrons. The number of hydrogen-bond acceptors (Lipinski definition) is 9. The highest BCUT2D eigenvalue weighted by molar-refractivity contribution is 5.97. The molecule has 268 valence electrons. The van der Waals surface area contributed by atoms with Gasteiger partial charge in [0, 0.05) is 30.1 Å². The van der Waals surface area contributed by atoms with Crippen LogP contribution in [0.2, 0.25) is 0 Å². The van der Waals surface area contributed by atoms with Gasteiger partial charge in [-0.25, -0.2) is 4.79 Å². The van der Waals surface area contributed by atoms with Crippen molar-refractivity contribution in [1.82, 2.24) is 31.2 Å². The molecule has 2 heterocycles. The Hall–Kier alpha value is -5.03. The minimum Gasteiger partial charge on any atom is -0.481 e. The molecule has 49 heavy (non-hydrogen) atoms. The quantitative estimate of drug-likeness (QED) is 0.0931. The first-order valence-corrected chi connectivity index (χ1v) is 16.0. The largest absolute Gasteiger partial charge is 0.481 e. The molecule has 3 rings (SSSR count). The number of nitrogens with one attached hydrogen (secondary N) is 5. The Kier molecular flexibility index (Phi) is 13.6. The summed E-state index contributed by atoms with van der Waals surface area (Å²) in [6.07, 6.45) is 1.81. The van der Waals surface area contributed by atoms with E-state index in [-0.39, 0.29) is 31.7 Å². The number of carboxylic acids is 2. The number of aliphatic hydroxyl groups is 1. The summed E-state index contributed by atoms with van der Waals surface area (Å²) < 4.78 is 0. The van der Waals surface area contributed by atoms with E-state index >= 15 is 0 Å². The highest BCUT2D eigenvalue weighted by Gasteiger charge is 2.39. The van der Waals surface area contributed by atoms with Crippen LogP contribution in [0, 0.1) is 5.92 Å². The Labute approximate surface area is 282 Å². The summed E-state index contributed by atoms with van der Waals surface area (Å²) in [5.41, 5.74) is 7.11. The fourth-order valence-electron chi connectivity index (χ4n) is 5.62. The van der Waals surface area contributed by atoms with Gasteiger partial charge in [0.2, 0.25) is 29.5 Å². The molecule has 0 unspecified atom stereocenters. The molecule has 6 atom stereocenters. The van der Waals surface area contributed by atoms with Crippen molar-refractivity contribution in [3.05, 3.63) is 36.0 Å². The molecule has 1 aromatic carbocycles. The second-order valence-corrected chi connectivity index (χ2v) is 12.5. The highest BCUT2D eigenvalue weighted by atomic mass is 16.4. The van der Waals surface area contributed by atoms with E-state index in [2.05, 4.69) is 26.3 Å². The van der Waals surface area contributed by atoms with Crippen molar-refractivity contribution in [1.29, 1.82) is 0 Å². The van der Waals surface area contributed by atoms with E-state index in [1.165, 1.54) is 11.8 Å². The number of benzene rings is 1.